The molecule has 0 aliphatic carbocycles. The average molecular weight is 159 g/mol. The van der Waals surface area contributed by atoms with Crippen molar-refractivity contribution in [2.24, 2.45) is 5.73 Å². The number of ether oxygens (including phenoxy) is 1. The van der Waals surface area contributed by atoms with E-state index in [0.717, 1.165) is 12.8 Å². The molecule has 3 heteroatoms. The molecule has 3 N–H and O–H groups in total. The molecule has 1 rings (SSSR count). The number of aliphatic hydroxyl groups excluding tert-OH is 1. The van der Waals surface area contributed by atoms with Crippen molar-refractivity contribution >= 4 is 0 Å². The Labute approximate surface area is 67.5 Å². The summed E-state index contributed by atoms with van der Waals surface area (Å²) in [4.78, 5) is 0. The second-order valence-corrected chi connectivity index (χ2v) is 3.24. The number of hydrogen-bond acceptors (Lipinski definition) is 3. The molecule has 3 nitrogen and oxygen atoms in total. The van der Waals surface area contributed by atoms with Crippen molar-refractivity contribution in [1.82, 2.24) is 0 Å². The minimum Gasteiger partial charge on any atom is -0.396 e. The molecule has 3 atom stereocenters. The first-order valence-corrected chi connectivity index (χ1v) is 4.26. The lowest BCUT2D eigenvalue weighted by Crippen LogP contribution is -2.35. The predicted molar refractivity (Wildman–Crippen MR) is 43.2 cm³/mol. The van der Waals surface area contributed by atoms with Crippen LogP contribution in [-0.4, -0.2) is 30.0 Å². The van der Waals surface area contributed by atoms with Crippen LogP contribution in [0.25, 0.3) is 0 Å². The molecule has 0 aromatic carbocycles. The van der Waals surface area contributed by atoms with E-state index in [1.165, 1.54) is 0 Å². The highest BCUT2D eigenvalue weighted by Gasteiger charge is 2.26. The summed E-state index contributed by atoms with van der Waals surface area (Å²) in [6.45, 7) is 2.22. The van der Waals surface area contributed by atoms with Gasteiger partial charge in [0.25, 0.3) is 0 Å². The van der Waals surface area contributed by atoms with E-state index in [0.29, 0.717) is 12.5 Å². The summed E-state index contributed by atoms with van der Waals surface area (Å²) in [5.74, 6) is 0. The lowest BCUT2D eigenvalue weighted by Gasteiger charge is -2.17. The van der Waals surface area contributed by atoms with E-state index in [2.05, 4.69) is 6.92 Å². The van der Waals surface area contributed by atoms with Gasteiger partial charge in [-0.3, -0.25) is 0 Å². The van der Waals surface area contributed by atoms with E-state index in [1.807, 2.05) is 0 Å². The minimum absolute atomic E-state index is 0.0185. The summed E-state index contributed by atoms with van der Waals surface area (Å²) >= 11 is 0. The zero-order valence-electron chi connectivity index (χ0n) is 6.99. The van der Waals surface area contributed by atoms with Crippen molar-refractivity contribution in [3.05, 3.63) is 0 Å². The molecule has 1 fully saturated rings. The van der Waals surface area contributed by atoms with Gasteiger partial charge in [-0.1, -0.05) is 0 Å². The Kier molecular flexibility index (Phi) is 3.30. The Hall–Kier alpha value is -0.120. The molecule has 11 heavy (non-hydrogen) atoms. The van der Waals surface area contributed by atoms with Gasteiger partial charge >= 0.3 is 0 Å². The fourth-order valence-corrected chi connectivity index (χ4v) is 1.48. The van der Waals surface area contributed by atoms with Crippen molar-refractivity contribution < 1.29 is 9.84 Å². The van der Waals surface area contributed by atoms with Crippen LogP contribution in [0.5, 0.6) is 0 Å². The van der Waals surface area contributed by atoms with E-state index < -0.39 is 0 Å². The molecule has 0 aromatic heterocycles. The summed E-state index contributed by atoms with van der Waals surface area (Å²) in [5, 5.41) is 8.63. The quantitative estimate of drug-likeness (QED) is 0.621. The molecule has 0 amide bonds. The van der Waals surface area contributed by atoms with Crippen molar-refractivity contribution in [3.8, 4) is 0 Å². The van der Waals surface area contributed by atoms with Crippen molar-refractivity contribution in [1.29, 1.82) is 0 Å². The predicted octanol–water partition coefficient (Wildman–Crippen LogP) is 0.264. The van der Waals surface area contributed by atoms with Gasteiger partial charge in [0.1, 0.15) is 0 Å². The van der Waals surface area contributed by atoms with Gasteiger partial charge in [-0.25, -0.2) is 0 Å². The minimum atomic E-state index is 0.0185. The maximum Gasteiger partial charge on any atom is 0.0731 e. The Morgan fingerprint density at radius 2 is 2.36 bits per heavy atom. The molecule has 66 valence electrons. The Morgan fingerprint density at radius 3 is 2.82 bits per heavy atom. The normalized spacial score (nSPS) is 34.1. The molecule has 1 heterocycles. The van der Waals surface area contributed by atoms with Gasteiger partial charge in [-0.05, 0) is 26.2 Å². The van der Waals surface area contributed by atoms with Gasteiger partial charge < -0.3 is 15.6 Å². The molecular weight excluding hydrogens is 142 g/mol. The summed E-state index contributed by atoms with van der Waals surface area (Å²) in [6.07, 6.45) is 3.32. The fraction of sp³-hybridized carbons (Fsp3) is 1.00. The Bertz CT molecular complexity index is 119. The molecule has 0 bridgehead atoms. The van der Waals surface area contributed by atoms with Crippen LogP contribution in [0, 0.1) is 0 Å². The maximum absolute atomic E-state index is 8.63. The number of nitrogens with two attached hydrogens (primary N) is 1. The smallest absolute Gasteiger partial charge is 0.0731 e. The molecule has 0 spiro atoms. The zero-order chi connectivity index (χ0) is 8.27. The third-order valence-corrected chi connectivity index (χ3v) is 2.20. The van der Waals surface area contributed by atoms with Crippen LogP contribution < -0.4 is 5.73 Å². The molecule has 3 unspecified atom stereocenters. The highest BCUT2D eigenvalue weighted by molar-refractivity contribution is 4.79. The zero-order valence-corrected chi connectivity index (χ0v) is 6.99. The SMILES string of the molecule is CC1CCC(C(N)CCO)O1. The highest BCUT2D eigenvalue weighted by Crippen LogP contribution is 2.21. The molecule has 0 saturated carbocycles. The summed E-state index contributed by atoms with van der Waals surface area (Å²) in [7, 11) is 0. The van der Waals surface area contributed by atoms with Crippen molar-refractivity contribution in [2.75, 3.05) is 6.61 Å². The van der Waals surface area contributed by atoms with Gasteiger partial charge in [0, 0.05) is 12.6 Å². The van der Waals surface area contributed by atoms with Gasteiger partial charge in [0.05, 0.1) is 12.2 Å². The van der Waals surface area contributed by atoms with E-state index >= 15 is 0 Å². The lowest BCUT2D eigenvalue weighted by atomic mass is 10.1. The number of rotatable bonds is 3. The van der Waals surface area contributed by atoms with Crippen molar-refractivity contribution in [2.45, 2.75) is 44.4 Å². The van der Waals surface area contributed by atoms with Crippen LogP contribution in [0.4, 0.5) is 0 Å². The standard InChI is InChI=1S/C8H17NO2/c1-6-2-3-8(11-6)7(9)4-5-10/h6-8,10H,2-5,9H2,1H3. The Morgan fingerprint density at radius 1 is 1.64 bits per heavy atom. The van der Waals surface area contributed by atoms with Gasteiger partial charge in [-0.2, -0.15) is 0 Å². The van der Waals surface area contributed by atoms with Crippen LogP contribution in [0.2, 0.25) is 0 Å². The van der Waals surface area contributed by atoms with Crippen LogP contribution in [0.1, 0.15) is 26.2 Å². The first-order valence-electron chi connectivity index (χ1n) is 4.26. The third-order valence-electron chi connectivity index (χ3n) is 2.20. The summed E-state index contributed by atoms with van der Waals surface area (Å²) < 4.78 is 5.54. The van der Waals surface area contributed by atoms with Gasteiger partial charge in [-0.15, -0.1) is 0 Å². The van der Waals surface area contributed by atoms with E-state index in [-0.39, 0.29) is 18.8 Å². The third kappa shape index (κ3) is 2.43. The molecule has 1 saturated heterocycles. The largest absolute Gasteiger partial charge is 0.396 e. The first kappa shape index (κ1) is 8.97. The van der Waals surface area contributed by atoms with Gasteiger partial charge in [0.2, 0.25) is 0 Å². The fourth-order valence-electron chi connectivity index (χ4n) is 1.48. The molecule has 1 aliphatic rings. The molecule has 0 aromatic rings. The van der Waals surface area contributed by atoms with Crippen molar-refractivity contribution in [3.63, 3.8) is 0 Å². The maximum atomic E-state index is 8.63. The topological polar surface area (TPSA) is 55.5 Å². The van der Waals surface area contributed by atoms with Crippen LogP contribution >= 0.6 is 0 Å². The first-order chi connectivity index (χ1) is 5.24. The second kappa shape index (κ2) is 4.04. The van der Waals surface area contributed by atoms with Crippen LogP contribution in [0.15, 0.2) is 0 Å². The Balaban J connectivity index is 2.25. The van der Waals surface area contributed by atoms with E-state index in [4.69, 9.17) is 15.6 Å². The molecule has 1 aliphatic heterocycles. The summed E-state index contributed by atoms with van der Waals surface area (Å²) in [5.41, 5.74) is 5.77. The monoisotopic (exact) mass is 159 g/mol. The van der Waals surface area contributed by atoms with Crippen LogP contribution in [-0.2, 0) is 4.74 Å². The summed E-state index contributed by atoms with van der Waals surface area (Å²) in [6, 6.07) is 0.0185. The highest BCUT2D eigenvalue weighted by atomic mass is 16.5. The molecule has 0 radical (unpaired) electrons. The molecular formula is C8H17NO2. The lowest BCUT2D eigenvalue weighted by molar-refractivity contribution is 0.0351. The van der Waals surface area contributed by atoms with Crippen LogP contribution in [0.3, 0.4) is 0 Å². The van der Waals surface area contributed by atoms with Gasteiger partial charge in [0.15, 0.2) is 0 Å². The van der Waals surface area contributed by atoms with E-state index in [9.17, 15) is 0 Å². The number of hydrogen-bond donors (Lipinski definition) is 2. The second-order valence-electron chi connectivity index (χ2n) is 3.24. The van der Waals surface area contributed by atoms with E-state index in [1.54, 1.807) is 0 Å². The average Bonchev–Trinajstić information content (AvgIpc) is 2.36. The number of aliphatic hydroxyl groups is 1.